The Labute approximate surface area is 142 Å². The van der Waals surface area contributed by atoms with E-state index in [9.17, 15) is 5.11 Å². The molecule has 0 spiro atoms. The molecule has 0 aromatic carbocycles. The first kappa shape index (κ1) is 29.4. The van der Waals surface area contributed by atoms with Gasteiger partial charge in [-0.3, -0.25) is 0 Å². The number of alkyl halides is 1. The summed E-state index contributed by atoms with van der Waals surface area (Å²) in [6, 6.07) is 0. The summed E-state index contributed by atoms with van der Waals surface area (Å²) in [5.74, 6) is 0. The number of aliphatic hydroxyl groups excluding tert-OH is 2. The third-order valence-corrected chi connectivity index (χ3v) is 1.97. The van der Waals surface area contributed by atoms with Crippen molar-refractivity contribution in [2.75, 3.05) is 68.6 Å². The molecule has 0 amide bonds. The lowest BCUT2D eigenvalue weighted by atomic mass is 10.4. The van der Waals surface area contributed by atoms with Crippen LogP contribution in [0.3, 0.4) is 0 Å². The summed E-state index contributed by atoms with van der Waals surface area (Å²) in [5, 5.41) is 26.1. The summed E-state index contributed by atoms with van der Waals surface area (Å²) in [4.78, 5) is 0. The molecule has 0 heterocycles. The van der Waals surface area contributed by atoms with Crippen LogP contribution in [0.2, 0.25) is 0 Å². The van der Waals surface area contributed by atoms with E-state index in [1.54, 1.807) is 0 Å². The standard InChI is InChI=1S/2C6H16NO.C2H4ClO.ClH/c2*1-7(2,3)5-4-6-8;1-2(3)4;/h2*8H,4-6H2,1-3H3;2H,1H3;1H/q2*+1;-1;/p-1. The van der Waals surface area contributed by atoms with Crippen LogP contribution < -0.4 is 17.5 Å². The first-order valence-corrected chi connectivity index (χ1v) is 7.42. The van der Waals surface area contributed by atoms with Crippen molar-refractivity contribution in [2.45, 2.75) is 25.3 Å². The molecule has 7 heteroatoms. The molecular formula is C14H36Cl2N2O3. The zero-order chi connectivity index (χ0) is 16.8. The van der Waals surface area contributed by atoms with Gasteiger partial charge in [-0.1, -0.05) is 6.92 Å². The predicted octanol–water partition coefficient (Wildman–Crippen LogP) is -2.91. The van der Waals surface area contributed by atoms with E-state index in [1.165, 1.54) is 6.92 Å². The normalized spacial score (nSPS) is 12.1. The average molecular weight is 351 g/mol. The fraction of sp³-hybridized carbons (Fsp3) is 1.00. The van der Waals surface area contributed by atoms with Gasteiger partial charge in [0.2, 0.25) is 0 Å². The van der Waals surface area contributed by atoms with Crippen molar-refractivity contribution in [2.24, 2.45) is 0 Å². The molecule has 0 radical (unpaired) electrons. The first-order valence-electron chi connectivity index (χ1n) is 6.98. The number of nitrogens with zero attached hydrogens (tertiary/aromatic N) is 2. The molecule has 0 aliphatic heterocycles. The molecule has 1 atom stereocenters. The largest absolute Gasteiger partial charge is 1.00 e. The molecule has 134 valence electrons. The highest BCUT2D eigenvalue weighted by molar-refractivity contribution is 6.18. The van der Waals surface area contributed by atoms with Crippen LogP contribution in [0.25, 0.3) is 0 Å². The van der Waals surface area contributed by atoms with Gasteiger partial charge in [0.1, 0.15) is 0 Å². The number of hydrogen-bond acceptors (Lipinski definition) is 3. The maximum atomic E-state index is 9.29. The van der Waals surface area contributed by atoms with Crippen LogP contribution in [0.1, 0.15) is 19.8 Å². The van der Waals surface area contributed by atoms with Gasteiger partial charge in [-0.15, -0.1) is 11.6 Å². The summed E-state index contributed by atoms with van der Waals surface area (Å²) < 4.78 is 1.89. The zero-order valence-corrected chi connectivity index (χ0v) is 16.3. The molecule has 0 saturated carbocycles. The van der Waals surface area contributed by atoms with E-state index >= 15 is 0 Å². The molecule has 0 aromatic rings. The minimum absolute atomic E-state index is 0. The number of rotatable bonds is 6. The molecule has 0 aromatic heterocycles. The summed E-state index contributed by atoms with van der Waals surface area (Å²) in [6.45, 7) is 4.11. The lowest BCUT2D eigenvalue weighted by Gasteiger charge is -2.22. The van der Waals surface area contributed by atoms with E-state index < -0.39 is 5.56 Å². The second kappa shape index (κ2) is 16.7. The van der Waals surface area contributed by atoms with Crippen LogP contribution in [0.15, 0.2) is 0 Å². The Hall–Kier alpha value is 0.380. The molecule has 0 rings (SSSR count). The van der Waals surface area contributed by atoms with Gasteiger partial charge in [0, 0.05) is 26.1 Å². The number of aliphatic hydroxyl groups is 2. The van der Waals surface area contributed by atoms with Crippen molar-refractivity contribution in [3.63, 3.8) is 0 Å². The van der Waals surface area contributed by atoms with Gasteiger partial charge in [-0.25, -0.2) is 0 Å². The minimum atomic E-state index is -0.944. The van der Waals surface area contributed by atoms with Crippen LogP contribution in [0.5, 0.6) is 0 Å². The molecule has 1 unspecified atom stereocenters. The lowest BCUT2D eigenvalue weighted by Crippen LogP contribution is -3.00. The van der Waals surface area contributed by atoms with Gasteiger partial charge >= 0.3 is 0 Å². The summed E-state index contributed by atoms with van der Waals surface area (Å²) in [5.41, 5.74) is -0.944. The predicted molar refractivity (Wildman–Crippen MR) is 84.5 cm³/mol. The van der Waals surface area contributed by atoms with E-state index in [1.807, 2.05) is 0 Å². The molecule has 0 saturated heterocycles. The molecular weight excluding hydrogens is 315 g/mol. The van der Waals surface area contributed by atoms with Crippen LogP contribution in [-0.4, -0.2) is 93.3 Å². The van der Waals surface area contributed by atoms with E-state index in [0.717, 1.165) is 34.9 Å². The van der Waals surface area contributed by atoms with Crippen molar-refractivity contribution in [3.8, 4) is 0 Å². The van der Waals surface area contributed by atoms with Crippen molar-refractivity contribution in [1.29, 1.82) is 0 Å². The van der Waals surface area contributed by atoms with Crippen molar-refractivity contribution in [1.82, 2.24) is 0 Å². The zero-order valence-electron chi connectivity index (χ0n) is 14.8. The second-order valence-electron chi connectivity index (χ2n) is 6.73. The SMILES string of the molecule is CC([O-])Cl.C[N+](C)(C)CCCO.C[N+](C)(C)CCCO.[Cl-]. The maximum absolute atomic E-state index is 9.29. The Morgan fingerprint density at radius 3 is 1.10 bits per heavy atom. The highest BCUT2D eigenvalue weighted by atomic mass is 35.5. The van der Waals surface area contributed by atoms with Gasteiger partial charge in [-0.2, -0.15) is 0 Å². The van der Waals surface area contributed by atoms with Crippen molar-refractivity contribution >= 4 is 11.6 Å². The van der Waals surface area contributed by atoms with Crippen LogP contribution in [0, 0.1) is 0 Å². The van der Waals surface area contributed by atoms with Gasteiger partial charge in [0.15, 0.2) is 0 Å². The molecule has 2 N–H and O–H groups in total. The fourth-order valence-electron chi connectivity index (χ4n) is 1.09. The minimum Gasteiger partial charge on any atom is -1.00 e. The lowest BCUT2D eigenvalue weighted by molar-refractivity contribution is -0.870. The molecule has 0 aliphatic rings. The second-order valence-corrected chi connectivity index (χ2v) is 7.34. The molecule has 0 bridgehead atoms. The van der Waals surface area contributed by atoms with Crippen molar-refractivity contribution < 1.29 is 36.7 Å². The van der Waals surface area contributed by atoms with Gasteiger partial charge in [0.25, 0.3) is 0 Å². The summed E-state index contributed by atoms with van der Waals surface area (Å²) >= 11 is 4.72. The summed E-state index contributed by atoms with van der Waals surface area (Å²) in [7, 11) is 12.7. The maximum Gasteiger partial charge on any atom is 0.0802 e. The molecule has 0 fully saturated rings. The Balaban J connectivity index is -0.000000107. The first-order chi connectivity index (χ1) is 8.85. The highest BCUT2D eigenvalue weighted by Crippen LogP contribution is 1.91. The number of halogens is 2. The highest BCUT2D eigenvalue weighted by Gasteiger charge is 2.04. The monoisotopic (exact) mass is 350 g/mol. The molecule has 0 aliphatic carbocycles. The summed E-state index contributed by atoms with van der Waals surface area (Å²) in [6.07, 6.45) is 1.81. The van der Waals surface area contributed by atoms with Crippen LogP contribution >= 0.6 is 11.6 Å². The molecule has 5 nitrogen and oxygen atoms in total. The molecule has 21 heavy (non-hydrogen) atoms. The average Bonchev–Trinajstić information content (AvgIpc) is 2.21. The van der Waals surface area contributed by atoms with E-state index in [0.29, 0.717) is 13.2 Å². The van der Waals surface area contributed by atoms with E-state index in [2.05, 4.69) is 42.3 Å². The van der Waals surface area contributed by atoms with E-state index in [-0.39, 0.29) is 12.4 Å². The quantitative estimate of drug-likeness (QED) is 0.398. The number of hydrogen-bond donors (Lipinski definition) is 2. The van der Waals surface area contributed by atoms with Gasteiger partial charge < -0.3 is 36.7 Å². The third-order valence-electron chi connectivity index (χ3n) is 1.97. The van der Waals surface area contributed by atoms with E-state index in [4.69, 9.17) is 21.8 Å². The van der Waals surface area contributed by atoms with Gasteiger partial charge in [-0.05, 0) is 5.56 Å². The Morgan fingerprint density at radius 1 is 0.857 bits per heavy atom. The fourth-order valence-corrected chi connectivity index (χ4v) is 1.09. The van der Waals surface area contributed by atoms with Gasteiger partial charge in [0.05, 0.1) is 55.4 Å². The Morgan fingerprint density at radius 2 is 1.05 bits per heavy atom. The van der Waals surface area contributed by atoms with Crippen LogP contribution in [0.4, 0.5) is 0 Å². The third kappa shape index (κ3) is 63.9. The van der Waals surface area contributed by atoms with Crippen LogP contribution in [-0.2, 0) is 0 Å². The number of quaternary nitrogens is 2. The van der Waals surface area contributed by atoms with Crippen molar-refractivity contribution in [3.05, 3.63) is 0 Å². The smallest absolute Gasteiger partial charge is 0.0802 e. The Kier molecular flexibility index (Phi) is 23.4. The Bertz CT molecular complexity index is 173. The topological polar surface area (TPSA) is 63.5 Å².